The van der Waals surface area contributed by atoms with Crippen molar-refractivity contribution < 1.29 is 24.5 Å². The molecule has 1 atom stereocenters. The molecule has 0 unspecified atom stereocenters. The first-order valence-corrected chi connectivity index (χ1v) is 15.4. The Kier molecular flexibility index (Phi) is 9.72. The number of unbranched alkanes of at least 4 members (excludes halogenated alkanes) is 2. The number of aliphatic hydroxyl groups is 1. The Hall–Kier alpha value is -3.82. The van der Waals surface area contributed by atoms with Gasteiger partial charge in [-0.2, -0.15) is 5.10 Å². The number of allylic oxidation sites excluding steroid dienone is 1. The minimum atomic E-state index is -1.07. The number of hydrogen-bond acceptors (Lipinski definition) is 6. The monoisotopic (exact) mass is 606 g/mol. The number of halogens is 1. The molecule has 0 aliphatic carbocycles. The maximum atomic E-state index is 13.7. The first-order valence-electron chi connectivity index (χ1n) is 15.1. The molecule has 1 amide bonds. The Labute approximate surface area is 257 Å². The number of ether oxygens (including phenoxy) is 1. The van der Waals surface area contributed by atoms with Gasteiger partial charge in [-0.3, -0.25) is 4.79 Å². The van der Waals surface area contributed by atoms with Crippen LogP contribution in [0.1, 0.15) is 72.4 Å². The van der Waals surface area contributed by atoms with Gasteiger partial charge in [0.1, 0.15) is 5.75 Å². The third-order valence-electron chi connectivity index (χ3n) is 8.17. The second-order valence-electron chi connectivity index (χ2n) is 11.1. The maximum Gasteiger partial charge on any atom is 0.341 e. The molecule has 0 bridgehead atoms. The number of aliphatic hydroxyl groups excluding tert-OH is 1. The van der Waals surface area contributed by atoms with E-state index in [4.69, 9.17) is 21.4 Å². The van der Waals surface area contributed by atoms with Gasteiger partial charge in [-0.1, -0.05) is 68.6 Å². The average Bonchev–Trinajstić information content (AvgIpc) is 3.25. The Morgan fingerprint density at radius 2 is 1.81 bits per heavy atom. The number of carboxylic acids is 1. The largest absolute Gasteiger partial charge is 0.482 e. The Balaban J connectivity index is 1.59. The van der Waals surface area contributed by atoms with E-state index in [1.165, 1.54) is 11.1 Å². The van der Waals surface area contributed by atoms with Crippen molar-refractivity contribution in [2.24, 2.45) is 0 Å². The van der Waals surface area contributed by atoms with Crippen molar-refractivity contribution in [3.63, 3.8) is 0 Å². The molecular formula is C33H39ClN4O5. The molecule has 0 spiro atoms. The molecule has 3 heterocycles. The van der Waals surface area contributed by atoms with Crippen LogP contribution in [0.25, 0.3) is 11.4 Å². The van der Waals surface area contributed by atoms with Gasteiger partial charge in [0.05, 0.1) is 29.1 Å². The molecule has 0 saturated carbocycles. The standard InChI is InChI=1S/C33H39ClN4O5/c1-3-5-15-36(16-6-4-2)33(42)32-31(34)29-14-13-27(37-19-23-10-8-7-9-22(23)17-24(37)20-39)26-18-25(43-21-30(40)41)11-12-28(26)38(29)35-32/h7-13,18,24,39H,3-6,14-17,19-21H2,1-2H3,(H,40,41)/t24-/m0/s1. The lowest BCUT2D eigenvalue weighted by atomic mass is 9.92. The normalized spacial score (nSPS) is 15.6. The van der Waals surface area contributed by atoms with E-state index in [9.17, 15) is 19.8 Å². The SMILES string of the molecule is CCCCN(CCCC)C(=O)c1nn2c(c1Cl)CC=C(N1Cc3ccccc3C[C@H]1CO)c1cc(OCC(=O)O)ccc1-2. The van der Waals surface area contributed by atoms with Gasteiger partial charge in [-0.15, -0.1) is 0 Å². The van der Waals surface area contributed by atoms with Crippen LogP contribution >= 0.6 is 11.6 Å². The zero-order valence-electron chi connectivity index (χ0n) is 24.8. The van der Waals surface area contributed by atoms with Gasteiger partial charge in [-0.05, 0) is 48.6 Å². The highest BCUT2D eigenvalue weighted by Crippen LogP contribution is 2.39. The highest BCUT2D eigenvalue weighted by molar-refractivity contribution is 6.34. The quantitative estimate of drug-likeness (QED) is 0.286. The van der Waals surface area contributed by atoms with Crippen molar-refractivity contribution in [3.05, 3.63) is 81.6 Å². The third-order valence-corrected chi connectivity index (χ3v) is 8.57. The summed E-state index contributed by atoms with van der Waals surface area (Å²) in [7, 11) is 0. The Morgan fingerprint density at radius 3 is 2.49 bits per heavy atom. The number of fused-ring (bicyclic) bond motifs is 4. The van der Waals surface area contributed by atoms with E-state index < -0.39 is 12.6 Å². The molecule has 2 N–H and O–H groups in total. The maximum absolute atomic E-state index is 13.7. The molecule has 2 aliphatic rings. The molecule has 2 aromatic carbocycles. The molecule has 9 nitrogen and oxygen atoms in total. The molecule has 2 aliphatic heterocycles. The molecule has 5 rings (SSSR count). The number of nitrogens with zero attached hydrogens (tertiary/aromatic N) is 4. The predicted molar refractivity (Wildman–Crippen MR) is 166 cm³/mol. The number of carboxylic acid groups (broad SMARTS) is 1. The molecule has 3 aromatic rings. The van der Waals surface area contributed by atoms with E-state index >= 15 is 0 Å². The number of hydrogen-bond donors (Lipinski definition) is 2. The van der Waals surface area contributed by atoms with Crippen LogP contribution in [-0.4, -0.2) is 74.0 Å². The summed E-state index contributed by atoms with van der Waals surface area (Å²) in [5, 5.41) is 24.8. The number of carbonyl (C=O) groups is 2. The third kappa shape index (κ3) is 6.43. The van der Waals surface area contributed by atoms with Crippen LogP contribution in [0.5, 0.6) is 5.75 Å². The first kappa shape index (κ1) is 30.6. The smallest absolute Gasteiger partial charge is 0.341 e. The highest BCUT2D eigenvalue weighted by Gasteiger charge is 2.33. The van der Waals surface area contributed by atoms with Crippen LogP contribution in [0.15, 0.2) is 48.5 Å². The summed E-state index contributed by atoms with van der Waals surface area (Å²) in [6.07, 6.45) is 6.92. The van der Waals surface area contributed by atoms with Gasteiger partial charge >= 0.3 is 5.97 Å². The lowest BCUT2D eigenvalue weighted by Gasteiger charge is -2.39. The van der Waals surface area contributed by atoms with Crippen LogP contribution in [0.3, 0.4) is 0 Å². The van der Waals surface area contributed by atoms with Crippen molar-refractivity contribution in [2.45, 2.75) is 65.0 Å². The van der Waals surface area contributed by atoms with E-state index in [2.05, 4.69) is 37.0 Å². The minimum Gasteiger partial charge on any atom is -0.482 e. The second-order valence-corrected chi connectivity index (χ2v) is 11.5. The van der Waals surface area contributed by atoms with Gasteiger partial charge < -0.3 is 24.7 Å². The van der Waals surface area contributed by atoms with Crippen LogP contribution in [0, 0.1) is 0 Å². The van der Waals surface area contributed by atoms with Gasteiger partial charge in [0.2, 0.25) is 0 Å². The van der Waals surface area contributed by atoms with Gasteiger partial charge in [-0.25, -0.2) is 9.48 Å². The number of aliphatic carboxylic acids is 1. The van der Waals surface area contributed by atoms with Crippen molar-refractivity contribution in [1.82, 2.24) is 19.6 Å². The lowest BCUT2D eigenvalue weighted by Crippen LogP contribution is -2.41. The molecule has 228 valence electrons. The predicted octanol–water partition coefficient (Wildman–Crippen LogP) is 5.35. The number of rotatable bonds is 12. The van der Waals surface area contributed by atoms with Crippen molar-refractivity contribution >= 4 is 29.2 Å². The Bertz CT molecular complexity index is 1510. The number of carbonyl (C=O) groups excluding carboxylic acids is 1. The topological polar surface area (TPSA) is 108 Å². The molecule has 0 radical (unpaired) electrons. The summed E-state index contributed by atoms with van der Waals surface area (Å²) < 4.78 is 7.31. The number of amides is 1. The van der Waals surface area contributed by atoms with Gasteiger partial charge in [0.25, 0.3) is 5.91 Å². The van der Waals surface area contributed by atoms with Crippen LogP contribution in [0.2, 0.25) is 5.02 Å². The van der Waals surface area contributed by atoms with Crippen LogP contribution in [0.4, 0.5) is 0 Å². The summed E-state index contributed by atoms with van der Waals surface area (Å²) in [6.45, 7) is 5.59. The molecule has 1 aromatic heterocycles. The Morgan fingerprint density at radius 1 is 1.09 bits per heavy atom. The minimum absolute atomic E-state index is 0.0362. The second kappa shape index (κ2) is 13.7. The zero-order chi connectivity index (χ0) is 30.5. The van der Waals surface area contributed by atoms with Crippen LogP contribution < -0.4 is 4.74 Å². The number of benzene rings is 2. The van der Waals surface area contributed by atoms with E-state index in [-0.39, 0.29) is 24.2 Å². The summed E-state index contributed by atoms with van der Waals surface area (Å²) in [5.74, 6) is -0.848. The summed E-state index contributed by atoms with van der Waals surface area (Å²) in [6, 6.07) is 13.4. The van der Waals surface area contributed by atoms with Gasteiger partial charge in [0, 0.05) is 37.3 Å². The molecule has 0 fully saturated rings. The van der Waals surface area contributed by atoms with E-state index in [1.54, 1.807) is 16.8 Å². The molecule has 0 saturated heterocycles. The fourth-order valence-corrected chi connectivity index (χ4v) is 6.13. The lowest BCUT2D eigenvalue weighted by molar-refractivity contribution is -0.139. The van der Waals surface area contributed by atoms with E-state index in [0.29, 0.717) is 54.6 Å². The number of aromatic nitrogens is 2. The summed E-state index contributed by atoms with van der Waals surface area (Å²) in [4.78, 5) is 29.0. The van der Waals surface area contributed by atoms with Crippen molar-refractivity contribution in [2.75, 3.05) is 26.3 Å². The molecular weight excluding hydrogens is 568 g/mol. The zero-order valence-corrected chi connectivity index (χ0v) is 25.5. The molecule has 10 heteroatoms. The van der Waals surface area contributed by atoms with Gasteiger partial charge in [0.15, 0.2) is 12.3 Å². The van der Waals surface area contributed by atoms with E-state index in [1.807, 2.05) is 23.1 Å². The summed E-state index contributed by atoms with van der Waals surface area (Å²) in [5.41, 5.74) is 5.65. The van der Waals surface area contributed by atoms with E-state index in [0.717, 1.165) is 36.9 Å². The van der Waals surface area contributed by atoms with Crippen molar-refractivity contribution in [3.8, 4) is 11.4 Å². The average molecular weight is 607 g/mol. The summed E-state index contributed by atoms with van der Waals surface area (Å²) >= 11 is 6.96. The molecule has 43 heavy (non-hydrogen) atoms. The highest BCUT2D eigenvalue weighted by atomic mass is 35.5. The first-order chi connectivity index (χ1) is 20.9. The van der Waals surface area contributed by atoms with Crippen molar-refractivity contribution in [1.29, 1.82) is 0 Å². The fourth-order valence-electron chi connectivity index (χ4n) is 5.86. The fraction of sp³-hybridized carbons (Fsp3) is 0.424. The van der Waals surface area contributed by atoms with Crippen LogP contribution in [-0.2, 0) is 24.2 Å².